The number of nitrogen functional groups attached to an aromatic ring is 1. The number of hydrogen-bond donors (Lipinski definition) is 1. The Kier molecular flexibility index (Phi) is 4.97. The first-order valence-electron chi connectivity index (χ1n) is 8.41. The normalized spacial score (nSPS) is 12.3. The van der Waals surface area contributed by atoms with E-state index in [-0.39, 0.29) is 28.6 Å². The topological polar surface area (TPSA) is 66.0 Å². The highest BCUT2D eigenvalue weighted by atomic mass is 19.4. The summed E-state index contributed by atoms with van der Waals surface area (Å²) in [6.07, 6.45) is -4.79. The Hall–Kier alpha value is -3.17. The fourth-order valence-corrected chi connectivity index (χ4v) is 2.95. The number of aromatic nitrogens is 3. The lowest BCUT2D eigenvalue weighted by atomic mass is 10.1. The predicted octanol–water partition coefficient (Wildman–Crippen LogP) is 4.68. The van der Waals surface area contributed by atoms with E-state index in [0.717, 1.165) is 18.2 Å². The quantitative estimate of drug-likeness (QED) is 0.499. The van der Waals surface area contributed by atoms with Gasteiger partial charge in [-0.15, -0.1) is 10.2 Å². The molecule has 0 aliphatic rings. The summed E-state index contributed by atoms with van der Waals surface area (Å²) in [6, 6.07) is 6.16. The van der Waals surface area contributed by atoms with Crippen LogP contribution < -0.4 is 10.5 Å². The molecule has 2 N–H and O–H groups in total. The number of anilines is 1. The molecule has 2 aromatic carbocycles. The lowest BCUT2D eigenvalue weighted by Crippen LogP contribution is -2.29. The molecule has 0 bridgehead atoms. The maximum Gasteiger partial charge on any atom is 0.417 e. The van der Waals surface area contributed by atoms with Crippen LogP contribution in [0.25, 0.3) is 11.4 Å². The molecule has 3 rings (SSSR count). The molecule has 29 heavy (non-hydrogen) atoms. The monoisotopic (exact) mass is 412 g/mol. The summed E-state index contributed by atoms with van der Waals surface area (Å²) in [5.74, 6) is -1.82. The Balaban J connectivity index is 2.04. The number of halogens is 5. The van der Waals surface area contributed by atoms with Gasteiger partial charge in [0.25, 0.3) is 0 Å². The first-order chi connectivity index (χ1) is 13.4. The molecule has 0 aliphatic carbocycles. The van der Waals surface area contributed by atoms with Gasteiger partial charge in [0.2, 0.25) is 0 Å². The van der Waals surface area contributed by atoms with Crippen LogP contribution in [0.5, 0.6) is 5.75 Å². The molecule has 0 saturated carbocycles. The van der Waals surface area contributed by atoms with Crippen molar-refractivity contribution in [1.29, 1.82) is 0 Å². The lowest BCUT2D eigenvalue weighted by molar-refractivity contribution is -0.137. The number of alkyl halides is 3. The van der Waals surface area contributed by atoms with Crippen molar-refractivity contribution in [2.75, 3.05) is 5.73 Å². The molecule has 5 nitrogen and oxygen atoms in total. The number of ether oxygens (including phenoxy) is 1. The van der Waals surface area contributed by atoms with Crippen molar-refractivity contribution in [2.24, 2.45) is 7.05 Å². The van der Waals surface area contributed by atoms with Crippen LogP contribution in [0, 0.1) is 11.6 Å². The van der Waals surface area contributed by atoms with E-state index in [0.29, 0.717) is 6.07 Å². The fraction of sp³-hybridized carbons (Fsp3) is 0.263. The van der Waals surface area contributed by atoms with Gasteiger partial charge in [-0.2, -0.15) is 13.2 Å². The largest absolute Gasteiger partial charge is 0.477 e. The van der Waals surface area contributed by atoms with Crippen LogP contribution in [0.2, 0.25) is 0 Å². The summed E-state index contributed by atoms with van der Waals surface area (Å²) in [7, 11) is 1.44. The minimum Gasteiger partial charge on any atom is -0.477 e. The molecule has 10 heteroatoms. The van der Waals surface area contributed by atoms with Crippen molar-refractivity contribution in [1.82, 2.24) is 14.8 Å². The average Bonchev–Trinajstić information content (AvgIpc) is 2.99. The maximum absolute atomic E-state index is 14.1. The molecule has 1 heterocycles. The van der Waals surface area contributed by atoms with Gasteiger partial charge in [0.1, 0.15) is 5.82 Å². The molecule has 0 spiro atoms. The SMILES string of the molecule is Cn1c(-c2ccc(F)cc2C(F)(F)F)nnc1C(C)(C)Oc1ccc(N)cc1F. The van der Waals surface area contributed by atoms with Crippen LogP contribution in [0.4, 0.5) is 27.6 Å². The van der Waals surface area contributed by atoms with Crippen molar-refractivity contribution in [3.05, 3.63) is 59.4 Å². The summed E-state index contributed by atoms with van der Waals surface area (Å²) in [5.41, 5.74) is 2.96. The Morgan fingerprint density at radius 1 is 1.00 bits per heavy atom. The smallest absolute Gasteiger partial charge is 0.417 e. The summed E-state index contributed by atoms with van der Waals surface area (Å²) in [4.78, 5) is 0. The van der Waals surface area contributed by atoms with Crippen molar-refractivity contribution < 1.29 is 26.7 Å². The van der Waals surface area contributed by atoms with Gasteiger partial charge in [-0.3, -0.25) is 0 Å². The molecule has 0 amide bonds. The van der Waals surface area contributed by atoms with E-state index in [1.807, 2.05) is 0 Å². The van der Waals surface area contributed by atoms with Gasteiger partial charge in [0.15, 0.2) is 28.8 Å². The van der Waals surface area contributed by atoms with Crippen LogP contribution in [0.15, 0.2) is 36.4 Å². The van der Waals surface area contributed by atoms with Gasteiger partial charge in [-0.25, -0.2) is 8.78 Å². The first-order valence-corrected chi connectivity index (χ1v) is 8.41. The lowest BCUT2D eigenvalue weighted by Gasteiger charge is -2.26. The van der Waals surface area contributed by atoms with Crippen molar-refractivity contribution >= 4 is 5.69 Å². The molecular weight excluding hydrogens is 395 g/mol. The van der Waals surface area contributed by atoms with Gasteiger partial charge in [-0.1, -0.05) is 0 Å². The second-order valence-electron chi connectivity index (χ2n) is 6.90. The van der Waals surface area contributed by atoms with E-state index in [2.05, 4.69) is 10.2 Å². The van der Waals surface area contributed by atoms with Crippen LogP contribution >= 0.6 is 0 Å². The zero-order chi connectivity index (χ0) is 21.6. The van der Waals surface area contributed by atoms with Crippen LogP contribution in [0.1, 0.15) is 25.2 Å². The van der Waals surface area contributed by atoms with E-state index >= 15 is 0 Å². The van der Waals surface area contributed by atoms with E-state index in [1.54, 1.807) is 13.8 Å². The standard InChI is InChI=1S/C19H17F5N4O/c1-18(2,29-15-7-5-11(25)9-14(15)21)17-27-26-16(28(17)3)12-6-4-10(20)8-13(12)19(22,23)24/h4-9H,25H2,1-3H3. The molecule has 0 radical (unpaired) electrons. The third-order valence-corrected chi connectivity index (χ3v) is 4.26. The molecule has 1 aromatic heterocycles. The van der Waals surface area contributed by atoms with Gasteiger partial charge in [0.05, 0.1) is 5.56 Å². The summed E-state index contributed by atoms with van der Waals surface area (Å²) in [6.45, 7) is 3.12. The molecule has 0 fully saturated rings. The molecule has 3 aromatic rings. The van der Waals surface area contributed by atoms with Gasteiger partial charge in [0, 0.05) is 24.4 Å². The van der Waals surface area contributed by atoms with Crippen LogP contribution in [-0.4, -0.2) is 14.8 Å². The summed E-state index contributed by atoms with van der Waals surface area (Å²) in [5, 5.41) is 7.76. The first kappa shape index (κ1) is 20.6. The summed E-state index contributed by atoms with van der Waals surface area (Å²) >= 11 is 0. The van der Waals surface area contributed by atoms with Crippen molar-refractivity contribution in [3.8, 4) is 17.1 Å². The Morgan fingerprint density at radius 3 is 2.31 bits per heavy atom. The number of nitrogens with two attached hydrogens (primary N) is 1. The summed E-state index contributed by atoms with van der Waals surface area (Å²) < 4.78 is 74.5. The van der Waals surface area contributed by atoms with E-state index < -0.39 is 29.0 Å². The predicted molar refractivity (Wildman–Crippen MR) is 95.9 cm³/mol. The fourth-order valence-electron chi connectivity index (χ4n) is 2.95. The van der Waals surface area contributed by atoms with E-state index in [9.17, 15) is 22.0 Å². The Labute approximate surface area is 162 Å². The van der Waals surface area contributed by atoms with Crippen molar-refractivity contribution in [3.63, 3.8) is 0 Å². The Morgan fingerprint density at radius 2 is 1.69 bits per heavy atom. The van der Waals surface area contributed by atoms with Gasteiger partial charge < -0.3 is 15.0 Å². The van der Waals surface area contributed by atoms with Crippen LogP contribution in [0.3, 0.4) is 0 Å². The molecule has 0 atom stereocenters. The molecular formula is C19H17F5N4O. The van der Waals surface area contributed by atoms with Gasteiger partial charge in [-0.05, 0) is 44.2 Å². The zero-order valence-corrected chi connectivity index (χ0v) is 15.7. The zero-order valence-electron chi connectivity index (χ0n) is 15.7. The number of nitrogens with zero attached hydrogens (tertiary/aromatic N) is 3. The minimum atomic E-state index is -4.79. The van der Waals surface area contributed by atoms with E-state index in [1.165, 1.54) is 23.7 Å². The highest BCUT2D eigenvalue weighted by Gasteiger charge is 2.37. The molecule has 0 aliphatic heterocycles. The third kappa shape index (κ3) is 4.01. The highest BCUT2D eigenvalue weighted by molar-refractivity contribution is 5.61. The third-order valence-electron chi connectivity index (χ3n) is 4.26. The van der Waals surface area contributed by atoms with Crippen LogP contribution in [-0.2, 0) is 18.8 Å². The Bertz CT molecular complexity index is 1060. The number of benzene rings is 2. The van der Waals surface area contributed by atoms with E-state index in [4.69, 9.17) is 10.5 Å². The van der Waals surface area contributed by atoms with Gasteiger partial charge >= 0.3 is 6.18 Å². The second kappa shape index (κ2) is 7.02. The van der Waals surface area contributed by atoms with Crippen molar-refractivity contribution in [2.45, 2.75) is 25.6 Å². The molecule has 154 valence electrons. The molecule has 0 saturated heterocycles. The maximum atomic E-state index is 14.1. The number of rotatable bonds is 4. The average molecular weight is 412 g/mol. The minimum absolute atomic E-state index is 0.105. The molecule has 0 unspecified atom stereocenters. The number of hydrogen-bond acceptors (Lipinski definition) is 4. The second-order valence-corrected chi connectivity index (χ2v) is 6.90. The highest BCUT2D eigenvalue weighted by Crippen LogP contribution is 2.38.